The zero-order valence-electron chi connectivity index (χ0n) is 11.5. The monoisotopic (exact) mass is 275 g/mol. The van der Waals surface area contributed by atoms with Gasteiger partial charge in [0.05, 0.1) is 6.26 Å². The first-order valence-corrected chi connectivity index (χ1v) is 7.72. The fourth-order valence-electron chi connectivity index (χ4n) is 4.47. The standard InChI is InChI=1S/C16H21NO3/c18-8-13-9-3-4-10(6-9)15(13)17-16(19)12-7-11(12)14-2-1-5-20-14/h1-2,5,9-13,15,18H,3-4,6-8H2,(H,17,19). The Balaban J connectivity index is 1.39. The van der Waals surface area contributed by atoms with E-state index in [-0.39, 0.29) is 36.3 Å². The molecular formula is C16H21NO3. The summed E-state index contributed by atoms with van der Waals surface area (Å²) in [7, 11) is 0. The van der Waals surface area contributed by atoms with Crippen LogP contribution in [0.3, 0.4) is 0 Å². The molecule has 1 aromatic heterocycles. The molecule has 0 aliphatic heterocycles. The highest BCUT2D eigenvalue weighted by molar-refractivity contribution is 5.83. The van der Waals surface area contributed by atoms with Gasteiger partial charge in [-0.25, -0.2) is 0 Å². The third-order valence-electron chi connectivity index (χ3n) is 5.64. The average Bonchev–Trinajstić information content (AvgIpc) is 2.88. The Morgan fingerprint density at radius 3 is 2.95 bits per heavy atom. The van der Waals surface area contributed by atoms with Crippen LogP contribution < -0.4 is 5.32 Å². The molecule has 6 atom stereocenters. The molecule has 1 aromatic rings. The molecule has 4 rings (SSSR count). The van der Waals surface area contributed by atoms with Crippen molar-refractivity contribution >= 4 is 5.91 Å². The summed E-state index contributed by atoms with van der Waals surface area (Å²) in [6.45, 7) is 0.207. The molecule has 3 fully saturated rings. The number of hydrogen-bond acceptors (Lipinski definition) is 3. The minimum atomic E-state index is 0.0691. The molecule has 0 aromatic carbocycles. The zero-order valence-corrected chi connectivity index (χ0v) is 11.5. The highest BCUT2D eigenvalue weighted by atomic mass is 16.3. The summed E-state index contributed by atoms with van der Waals surface area (Å²) in [5.74, 6) is 2.89. The van der Waals surface area contributed by atoms with Crippen LogP contribution in [0.15, 0.2) is 22.8 Å². The van der Waals surface area contributed by atoms with E-state index >= 15 is 0 Å². The number of hydrogen-bond donors (Lipinski definition) is 2. The lowest BCUT2D eigenvalue weighted by molar-refractivity contribution is -0.124. The van der Waals surface area contributed by atoms with Crippen LogP contribution in [0.1, 0.15) is 37.4 Å². The number of aliphatic hydroxyl groups excluding tert-OH is 1. The first-order valence-electron chi connectivity index (χ1n) is 7.72. The molecule has 3 aliphatic rings. The number of furan rings is 1. The molecule has 2 N–H and O–H groups in total. The second-order valence-corrected chi connectivity index (χ2v) is 6.68. The van der Waals surface area contributed by atoms with Crippen molar-refractivity contribution in [3.8, 4) is 0 Å². The van der Waals surface area contributed by atoms with Gasteiger partial charge in [0.25, 0.3) is 0 Å². The molecule has 4 heteroatoms. The average molecular weight is 275 g/mol. The number of fused-ring (bicyclic) bond motifs is 2. The van der Waals surface area contributed by atoms with Gasteiger partial charge in [-0.2, -0.15) is 0 Å². The summed E-state index contributed by atoms with van der Waals surface area (Å²) in [5, 5.41) is 12.8. The fourth-order valence-corrected chi connectivity index (χ4v) is 4.47. The minimum absolute atomic E-state index is 0.0691. The van der Waals surface area contributed by atoms with E-state index in [9.17, 15) is 9.90 Å². The van der Waals surface area contributed by atoms with Gasteiger partial charge in [-0.05, 0) is 49.7 Å². The maximum absolute atomic E-state index is 12.4. The molecule has 0 spiro atoms. The summed E-state index contributed by atoms with van der Waals surface area (Å²) < 4.78 is 5.38. The summed E-state index contributed by atoms with van der Waals surface area (Å²) in [6.07, 6.45) is 6.17. The van der Waals surface area contributed by atoms with Crippen LogP contribution >= 0.6 is 0 Å². The third-order valence-corrected chi connectivity index (χ3v) is 5.64. The van der Waals surface area contributed by atoms with E-state index < -0.39 is 0 Å². The fraction of sp³-hybridized carbons (Fsp3) is 0.688. The first kappa shape index (κ1) is 12.5. The molecule has 20 heavy (non-hydrogen) atoms. The summed E-state index contributed by atoms with van der Waals surface area (Å²) >= 11 is 0. The van der Waals surface area contributed by atoms with Gasteiger partial charge < -0.3 is 14.8 Å². The SMILES string of the molecule is O=C(NC1C2CCC(C2)C1CO)C1CC1c1ccco1. The summed E-state index contributed by atoms with van der Waals surface area (Å²) in [5.41, 5.74) is 0. The van der Waals surface area contributed by atoms with Gasteiger partial charge in [-0.3, -0.25) is 4.79 Å². The topological polar surface area (TPSA) is 62.5 Å². The van der Waals surface area contributed by atoms with E-state index in [0.717, 1.165) is 12.2 Å². The minimum Gasteiger partial charge on any atom is -0.469 e. The van der Waals surface area contributed by atoms with Crippen LogP contribution in [0.5, 0.6) is 0 Å². The van der Waals surface area contributed by atoms with Gasteiger partial charge in [0.1, 0.15) is 5.76 Å². The summed E-state index contributed by atoms with van der Waals surface area (Å²) in [6, 6.07) is 4.02. The highest BCUT2D eigenvalue weighted by Crippen LogP contribution is 2.50. The predicted octanol–water partition coefficient (Wildman–Crippen LogP) is 1.91. The van der Waals surface area contributed by atoms with Crippen molar-refractivity contribution in [2.45, 2.75) is 37.6 Å². The second kappa shape index (κ2) is 4.62. The van der Waals surface area contributed by atoms with E-state index in [2.05, 4.69) is 5.32 Å². The lowest BCUT2D eigenvalue weighted by atomic mass is 9.85. The van der Waals surface area contributed by atoms with Crippen molar-refractivity contribution in [2.24, 2.45) is 23.7 Å². The molecule has 0 radical (unpaired) electrons. The third kappa shape index (κ3) is 1.89. The Kier molecular flexibility index (Phi) is 2.88. The van der Waals surface area contributed by atoms with Gasteiger partial charge in [0.2, 0.25) is 5.91 Å². The molecule has 108 valence electrons. The van der Waals surface area contributed by atoms with Crippen molar-refractivity contribution in [3.05, 3.63) is 24.2 Å². The second-order valence-electron chi connectivity index (χ2n) is 6.68. The molecular weight excluding hydrogens is 254 g/mol. The van der Waals surface area contributed by atoms with Crippen molar-refractivity contribution in [1.29, 1.82) is 0 Å². The van der Waals surface area contributed by atoms with Crippen LogP contribution in [0.25, 0.3) is 0 Å². The largest absolute Gasteiger partial charge is 0.469 e. The maximum atomic E-state index is 12.4. The van der Waals surface area contributed by atoms with E-state index in [4.69, 9.17) is 4.42 Å². The van der Waals surface area contributed by atoms with Gasteiger partial charge in [-0.1, -0.05) is 0 Å². The van der Waals surface area contributed by atoms with Crippen molar-refractivity contribution in [2.75, 3.05) is 6.61 Å². The molecule has 1 amide bonds. The molecule has 4 nitrogen and oxygen atoms in total. The number of nitrogens with one attached hydrogen (secondary N) is 1. The Hall–Kier alpha value is -1.29. The normalized spacial score (nSPS) is 41.9. The highest BCUT2D eigenvalue weighted by Gasteiger charge is 2.51. The molecule has 6 unspecified atom stereocenters. The molecule has 3 aliphatic carbocycles. The van der Waals surface area contributed by atoms with E-state index in [1.165, 1.54) is 19.3 Å². The van der Waals surface area contributed by atoms with Crippen molar-refractivity contribution < 1.29 is 14.3 Å². The predicted molar refractivity (Wildman–Crippen MR) is 72.9 cm³/mol. The smallest absolute Gasteiger partial charge is 0.224 e. The van der Waals surface area contributed by atoms with Crippen LogP contribution in [-0.4, -0.2) is 23.7 Å². The molecule has 3 saturated carbocycles. The maximum Gasteiger partial charge on any atom is 0.224 e. The first-order chi connectivity index (χ1) is 9.78. The zero-order chi connectivity index (χ0) is 13.7. The Bertz CT molecular complexity index is 498. The Morgan fingerprint density at radius 2 is 2.20 bits per heavy atom. The van der Waals surface area contributed by atoms with Crippen LogP contribution in [0, 0.1) is 23.7 Å². The number of rotatable bonds is 4. The van der Waals surface area contributed by atoms with Crippen molar-refractivity contribution in [1.82, 2.24) is 5.32 Å². The Labute approximate surface area is 118 Å². The lowest BCUT2D eigenvalue weighted by Crippen LogP contribution is -2.45. The quantitative estimate of drug-likeness (QED) is 0.882. The van der Waals surface area contributed by atoms with Crippen LogP contribution in [0.2, 0.25) is 0 Å². The number of aliphatic hydroxyl groups is 1. The number of carbonyl (C=O) groups is 1. The van der Waals surface area contributed by atoms with E-state index in [0.29, 0.717) is 11.8 Å². The number of amides is 1. The number of carbonyl (C=O) groups excluding carboxylic acids is 1. The van der Waals surface area contributed by atoms with Crippen molar-refractivity contribution in [3.63, 3.8) is 0 Å². The Morgan fingerprint density at radius 1 is 1.35 bits per heavy atom. The van der Waals surface area contributed by atoms with Crippen LogP contribution in [-0.2, 0) is 4.79 Å². The molecule has 0 saturated heterocycles. The molecule has 1 heterocycles. The van der Waals surface area contributed by atoms with Gasteiger partial charge in [0, 0.05) is 30.4 Å². The van der Waals surface area contributed by atoms with Gasteiger partial charge >= 0.3 is 0 Å². The van der Waals surface area contributed by atoms with E-state index in [1.807, 2.05) is 12.1 Å². The van der Waals surface area contributed by atoms with Crippen LogP contribution in [0.4, 0.5) is 0 Å². The van der Waals surface area contributed by atoms with E-state index in [1.54, 1.807) is 6.26 Å². The summed E-state index contributed by atoms with van der Waals surface area (Å²) in [4.78, 5) is 12.4. The lowest BCUT2D eigenvalue weighted by Gasteiger charge is -2.30. The van der Waals surface area contributed by atoms with Gasteiger partial charge in [-0.15, -0.1) is 0 Å². The van der Waals surface area contributed by atoms with Gasteiger partial charge in [0.15, 0.2) is 0 Å². The molecule has 2 bridgehead atoms.